The van der Waals surface area contributed by atoms with E-state index in [0.29, 0.717) is 23.9 Å². The van der Waals surface area contributed by atoms with E-state index in [4.69, 9.17) is 9.68 Å². The van der Waals surface area contributed by atoms with Gasteiger partial charge in [0.25, 0.3) is 0 Å². The summed E-state index contributed by atoms with van der Waals surface area (Å²) in [7, 11) is 3.56. The molecule has 0 aliphatic heterocycles. The quantitative estimate of drug-likeness (QED) is 0.753. The lowest BCUT2D eigenvalue weighted by Crippen LogP contribution is -2.34. The number of carbonyl (C=O) groups is 1. The minimum absolute atomic E-state index is 0.0331. The van der Waals surface area contributed by atoms with Crippen LogP contribution in [-0.2, 0) is 11.8 Å². The fraction of sp³-hybridized carbons (Fsp3) is 0.467. The van der Waals surface area contributed by atoms with E-state index in [0.717, 1.165) is 11.3 Å². The van der Waals surface area contributed by atoms with Gasteiger partial charge in [0, 0.05) is 20.6 Å². The van der Waals surface area contributed by atoms with Gasteiger partial charge < -0.3 is 13.9 Å². The van der Waals surface area contributed by atoms with E-state index in [2.05, 4.69) is 10.2 Å². The molecule has 2 aromatic rings. The minimum atomic E-state index is -0.306. The number of aryl methyl sites for hydroxylation is 1. The molecule has 8 heteroatoms. The van der Waals surface area contributed by atoms with Crippen LogP contribution in [0.15, 0.2) is 21.9 Å². The van der Waals surface area contributed by atoms with Crippen molar-refractivity contribution >= 4 is 17.7 Å². The Morgan fingerprint density at radius 3 is 2.91 bits per heavy atom. The average Bonchev–Trinajstić information content (AvgIpc) is 3.10. The summed E-state index contributed by atoms with van der Waals surface area (Å²) in [4.78, 5) is 13.8. The fourth-order valence-corrected chi connectivity index (χ4v) is 3.05. The van der Waals surface area contributed by atoms with Gasteiger partial charge in [0.2, 0.25) is 5.91 Å². The molecular formula is C15H19N5O2S. The average molecular weight is 333 g/mol. The number of rotatable bonds is 6. The van der Waals surface area contributed by atoms with Crippen LogP contribution in [0.2, 0.25) is 0 Å². The zero-order chi connectivity index (χ0) is 17.0. The molecule has 0 bridgehead atoms. The number of carbonyl (C=O) groups excluding carboxylic acids is 1. The molecule has 2 heterocycles. The van der Waals surface area contributed by atoms with Crippen molar-refractivity contribution < 1.29 is 9.21 Å². The molecule has 0 aliphatic rings. The van der Waals surface area contributed by atoms with E-state index in [9.17, 15) is 4.79 Å². The Morgan fingerprint density at radius 2 is 2.30 bits per heavy atom. The van der Waals surface area contributed by atoms with E-state index in [1.165, 1.54) is 11.8 Å². The van der Waals surface area contributed by atoms with Gasteiger partial charge >= 0.3 is 0 Å². The van der Waals surface area contributed by atoms with Gasteiger partial charge in [-0.15, -0.1) is 10.2 Å². The highest BCUT2D eigenvalue weighted by Crippen LogP contribution is 2.28. The summed E-state index contributed by atoms with van der Waals surface area (Å²) in [5.41, 5.74) is 0.886. The number of nitrogens with zero attached hydrogens (tertiary/aromatic N) is 5. The SMILES string of the molecule is Cc1occc1-c1nnc(S[C@H](C)C(=O)N(C)CCC#N)n1C. The number of thioether (sulfide) groups is 1. The second-order valence-corrected chi connectivity index (χ2v) is 6.49. The standard InChI is InChI=1S/C15H19N5O2S/c1-10-12(6-9-22-10)13-17-18-15(20(13)4)23-11(2)14(21)19(3)8-5-7-16/h6,9,11H,5,8H2,1-4H3/t11-/m1/s1. The maximum atomic E-state index is 12.3. The van der Waals surface area contributed by atoms with Gasteiger partial charge in [-0.1, -0.05) is 11.8 Å². The van der Waals surface area contributed by atoms with E-state index in [1.807, 2.05) is 37.6 Å². The molecule has 122 valence electrons. The van der Waals surface area contributed by atoms with Gasteiger partial charge in [-0.05, 0) is 19.9 Å². The maximum Gasteiger partial charge on any atom is 0.235 e. The summed E-state index contributed by atoms with van der Waals surface area (Å²) < 4.78 is 7.15. The second kappa shape index (κ2) is 7.33. The third kappa shape index (κ3) is 3.74. The predicted octanol–water partition coefficient (Wildman–Crippen LogP) is 2.24. The number of nitriles is 1. The van der Waals surface area contributed by atoms with Crippen LogP contribution in [0, 0.1) is 18.3 Å². The molecule has 0 radical (unpaired) electrons. The van der Waals surface area contributed by atoms with Gasteiger partial charge in [0.1, 0.15) is 5.76 Å². The monoisotopic (exact) mass is 333 g/mol. The van der Waals surface area contributed by atoms with Crippen LogP contribution in [0.4, 0.5) is 0 Å². The molecule has 0 spiro atoms. The van der Waals surface area contributed by atoms with Crippen LogP contribution in [-0.4, -0.2) is 44.4 Å². The lowest BCUT2D eigenvalue weighted by atomic mass is 10.2. The molecule has 0 unspecified atom stereocenters. The molecule has 0 saturated carbocycles. The first-order valence-electron chi connectivity index (χ1n) is 7.18. The smallest absolute Gasteiger partial charge is 0.235 e. The van der Waals surface area contributed by atoms with Gasteiger partial charge in [0.15, 0.2) is 11.0 Å². The highest BCUT2D eigenvalue weighted by molar-refractivity contribution is 8.00. The summed E-state index contributed by atoms with van der Waals surface area (Å²) in [6, 6.07) is 3.88. The fourth-order valence-electron chi connectivity index (χ4n) is 2.12. The topological polar surface area (TPSA) is 88.0 Å². The maximum absolute atomic E-state index is 12.3. The number of aromatic nitrogens is 3. The summed E-state index contributed by atoms with van der Waals surface area (Å²) in [5.74, 6) is 1.45. The Morgan fingerprint density at radius 1 is 1.57 bits per heavy atom. The van der Waals surface area contributed by atoms with E-state index >= 15 is 0 Å². The molecule has 2 rings (SSSR count). The molecule has 0 aromatic carbocycles. The van der Waals surface area contributed by atoms with Crippen molar-refractivity contribution in [3.05, 3.63) is 18.1 Å². The van der Waals surface area contributed by atoms with Gasteiger partial charge in [-0.3, -0.25) is 4.79 Å². The highest BCUT2D eigenvalue weighted by Gasteiger charge is 2.22. The van der Waals surface area contributed by atoms with Crippen LogP contribution >= 0.6 is 11.8 Å². The van der Waals surface area contributed by atoms with Crippen molar-refractivity contribution in [1.82, 2.24) is 19.7 Å². The first-order chi connectivity index (χ1) is 11.0. The Bertz CT molecular complexity index is 731. The van der Waals surface area contributed by atoms with Crippen LogP contribution < -0.4 is 0 Å². The van der Waals surface area contributed by atoms with Crippen molar-refractivity contribution in [2.75, 3.05) is 13.6 Å². The van der Waals surface area contributed by atoms with E-state index in [-0.39, 0.29) is 11.2 Å². The van der Waals surface area contributed by atoms with Gasteiger partial charge in [-0.25, -0.2) is 0 Å². The second-order valence-electron chi connectivity index (χ2n) is 5.18. The molecule has 7 nitrogen and oxygen atoms in total. The number of amides is 1. The Balaban J connectivity index is 2.09. The lowest BCUT2D eigenvalue weighted by molar-refractivity contribution is -0.128. The minimum Gasteiger partial charge on any atom is -0.469 e. The summed E-state index contributed by atoms with van der Waals surface area (Å²) >= 11 is 1.35. The van der Waals surface area contributed by atoms with Crippen LogP contribution in [0.1, 0.15) is 19.1 Å². The van der Waals surface area contributed by atoms with E-state index < -0.39 is 0 Å². The van der Waals surface area contributed by atoms with Crippen LogP contribution in [0.5, 0.6) is 0 Å². The summed E-state index contributed by atoms with van der Waals surface area (Å²) in [6.07, 6.45) is 1.94. The van der Waals surface area contributed by atoms with Crippen molar-refractivity contribution in [3.63, 3.8) is 0 Å². The highest BCUT2D eigenvalue weighted by atomic mass is 32.2. The Labute approximate surface area is 139 Å². The van der Waals surface area contributed by atoms with Crippen molar-refractivity contribution in [2.45, 2.75) is 30.7 Å². The lowest BCUT2D eigenvalue weighted by Gasteiger charge is -2.19. The van der Waals surface area contributed by atoms with Gasteiger partial charge in [-0.2, -0.15) is 5.26 Å². The molecule has 0 aliphatic carbocycles. The van der Waals surface area contributed by atoms with Crippen molar-refractivity contribution in [1.29, 1.82) is 5.26 Å². The molecule has 23 heavy (non-hydrogen) atoms. The van der Waals surface area contributed by atoms with Crippen molar-refractivity contribution in [3.8, 4) is 17.5 Å². The Kier molecular flexibility index (Phi) is 5.45. The van der Waals surface area contributed by atoms with E-state index in [1.54, 1.807) is 18.2 Å². The first-order valence-corrected chi connectivity index (χ1v) is 8.06. The number of furan rings is 1. The molecular weight excluding hydrogens is 314 g/mol. The predicted molar refractivity (Wildman–Crippen MR) is 86.6 cm³/mol. The van der Waals surface area contributed by atoms with Crippen molar-refractivity contribution in [2.24, 2.45) is 7.05 Å². The summed E-state index contributed by atoms with van der Waals surface area (Å²) in [5, 5.41) is 17.3. The molecule has 0 fully saturated rings. The largest absolute Gasteiger partial charge is 0.469 e. The molecule has 2 aromatic heterocycles. The van der Waals surface area contributed by atoms with Crippen LogP contribution in [0.3, 0.4) is 0 Å². The number of hydrogen-bond donors (Lipinski definition) is 0. The summed E-state index contributed by atoms with van der Waals surface area (Å²) in [6.45, 7) is 4.12. The first kappa shape index (κ1) is 17.1. The molecule has 0 N–H and O–H groups in total. The third-order valence-electron chi connectivity index (χ3n) is 3.50. The van der Waals surface area contributed by atoms with Crippen LogP contribution in [0.25, 0.3) is 11.4 Å². The molecule has 1 amide bonds. The zero-order valence-electron chi connectivity index (χ0n) is 13.6. The Hall–Kier alpha value is -2.27. The third-order valence-corrected chi connectivity index (χ3v) is 4.62. The molecule has 1 atom stereocenters. The normalized spacial score (nSPS) is 12.0. The van der Waals surface area contributed by atoms with Gasteiger partial charge in [0.05, 0.1) is 29.6 Å². The zero-order valence-corrected chi connectivity index (χ0v) is 14.4. The molecule has 0 saturated heterocycles. The number of hydrogen-bond acceptors (Lipinski definition) is 6.